The summed E-state index contributed by atoms with van der Waals surface area (Å²) in [6.45, 7) is 5.83. The minimum Gasteiger partial charge on any atom is -0.462 e. The average Bonchev–Trinajstić information content (AvgIpc) is 2.70. The molecule has 0 aliphatic heterocycles. The standard InChI is InChI=1S/C19H23ClN2O6S2/c1-4-22(5-2)30(26,27)16-11-12-17(20)18(13-16)21-29(24,25)15-9-7-14(8-10-15)19(23)28-6-3/h7-13,21H,4-6H2,1-3H3. The van der Waals surface area contributed by atoms with Gasteiger partial charge in [0, 0.05) is 13.1 Å². The first-order valence-corrected chi connectivity index (χ1v) is 12.5. The number of sulfonamides is 2. The maximum absolute atomic E-state index is 12.7. The van der Waals surface area contributed by atoms with Crippen molar-refractivity contribution < 1.29 is 26.4 Å². The molecule has 30 heavy (non-hydrogen) atoms. The summed E-state index contributed by atoms with van der Waals surface area (Å²) in [6.07, 6.45) is 0. The van der Waals surface area contributed by atoms with Crippen LogP contribution in [0.25, 0.3) is 0 Å². The Bertz CT molecular complexity index is 1110. The van der Waals surface area contributed by atoms with Crippen molar-refractivity contribution in [3.05, 3.63) is 53.1 Å². The number of carbonyl (C=O) groups is 1. The van der Waals surface area contributed by atoms with E-state index in [2.05, 4.69) is 4.72 Å². The summed E-state index contributed by atoms with van der Waals surface area (Å²) >= 11 is 6.09. The molecular formula is C19H23ClN2O6S2. The lowest BCUT2D eigenvalue weighted by molar-refractivity contribution is 0.0526. The predicted molar refractivity (Wildman–Crippen MR) is 115 cm³/mol. The minimum atomic E-state index is -4.08. The summed E-state index contributed by atoms with van der Waals surface area (Å²) in [6, 6.07) is 8.98. The summed E-state index contributed by atoms with van der Waals surface area (Å²) in [4.78, 5) is 11.5. The Morgan fingerprint density at radius 3 is 2.07 bits per heavy atom. The normalized spacial score (nSPS) is 12.0. The zero-order valence-corrected chi connectivity index (χ0v) is 19.1. The van der Waals surface area contributed by atoms with Gasteiger partial charge in [-0.3, -0.25) is 4.72 Å². The monoisotopic (exact) mass is 474 g/mol. The van der Waals surface area contributed by atoms with Gasteiger partial charge < -0.3 is 4.74 Å². The van der Waals surface area contributed by atoms with Crippen LogP contribution in [-0.4, -0.2) is 46.8 Å². The maximum Gasteiger partial charge on any atom is 0.338 e. The lowest BCUT2D eigenvalue weighted by atomic mass is 10.2. The Morgan fingerprint density at radius 1 is 0.967 bits per heavy atom. The molecule has 2 aromatic carbocycles. The van der Waals surface area contributed by atoms with E-state index in [-0.39, 0.29) is 45.8 Å². The van der Waals surface area contributed by atoms with E-state index in [0.29, 0.717) is 0 Å². The van der Waals surface area contributed by atoms with Crippen LogP contribution < -0.4 is 4.72 Å². The quantitative estimate of drug-likeness (QED) is 0.558. The topological polar surface area (TPSA) is 110 Å². The Morgan fingerprint density at radius 2 is 1.53 bits per heavy atom. The van der Waals surface area contributed by atoms with Crippen molar-refractivity contribution in [2.24, 2.45) is 0 Å². The molecule has 1 N–H and O–H groups in total. The van der Waals surface area contributed by atoms with Crippen LogP contribution in [0.3, 0.4) is 0 Å². The van der Waals surface area contributed by atoms with Crippen LogP contribution in [0.2, 0.25) is 5.02 Å². The van der Waals surface area contributed by atoms with Gasteiger partial charge in [0.15, 0.2) is 0 Å². The molecule has 0 aromatic heterocycles. The van der Waals surface area contributed by atoms with Gasteiger partial charge in [0.1, 0.15) is 0 Å². The molecule has 0 fully saturated rings. The van der Waals surface area contributed by atoms with Crippen molar-refractivity contribution >= 4 is 43.3 Å². The predicted octanol–water partition coefficient (Wildman–Crippen LogP) is 3.35. The van der Waals surface area contributed by atoms with Gasteiger partial charge in [-0.1, -0.05) is 25.4 Å². The van der Waals surface area contributed by atoms with Gasteiger partial charge in [-0.2, -0.15) is 4.31 Å². The van der Waals surface area contributed by atoms with Crippen molar-refractivity contribution in [1.82, 2.24) is 4.31 Å². The molecule has 2 rings (SSSR count). The average molecular weight is 475 g/mol. The number of anilines is 1. The van der Waals surface area contributed by atoms with E-state index in [1.807, 2.05) is 0 Å². The van der Waals surface area contributed by atoms with Crippen LogP contribution in [0.1, 0.15) is 31.1 Å². The van der Waals surface area contributed by atoms with Crippen molar-refractivity contribution in [3.63, 3.8) is 0 Å². The third kappa shape index (κ3) is 5.31. The molecule has 164 valence electrons. The number of esters is 1. The largest absolute Gasteiger partial charge is 0.462 e. The second-order valence-corrected chi connectivity index (χ2v) is 10.1. The van der Waals surface area contributed by atoms with Crippen LogP contribution >= 0.6 is 11.6 Å². The number of nitrogens with one attached hydrogen (secondary N) is 1. The molecular weight excluding hydrogens is 452 g/mol. The van der Waals surface area contributed by atoms with Gasteiger partial charge in [0.2, 0.25) is 10.0 Å². The summed E-state index contributed by atoms with van der Waals surface area (Å²) in [5, 5.41) is 0.0419. The molecule has 0 spiro atoms. The fraction of sp³-hybridized carbons (Fsp3) is 0.316. The molecule has 2 aromatic rings. The Hall–Kier alpha value is -2.14. The molecule has 8 nitrogen and oxygen atoms in total. The second-order valence-electron chi connectivity index (χ2n) is 6.08. The summed E-state index contributed by atoms with van der Waals surface area (Å²) < 4.78 is 59.3. The molecule has 0 heterocycles. The van der Waals surface area contributed by atoms with Crippen LogP contribution in [-0.2, 0) is 24.8 Å². The number of halogens is 1. The van der Waals surface area contributed by atoms with Crippen LogP contribution in [0.4, 0.5) is 5.69 Å². The van der Waals surface area contributed by atoms with Gasteiger partial charge >= 0.3 is 5.97 Å². The van der Waals surface area contributed by atoms with E-state index in [1.165, 1.54) is 46.8 Å². The number of nitrogens with zero attached hydrogens (tertiary/aromatic N) is 1. The van der Waals surface area contributed by atoms with Crippen LogP contribution in [0.15, 0.2) is 52.3 Å². The van der Waals surface area contributed by atoms with Crippen LogP contribution in [0, 0.1) is 0 Å². The number of hydrogen-bond donors (Lipinski definition) is 1. The summed E-state index contributed by atoms with van der Waals surface area (Å²) in [5.41, 5.74) is 0.139. The van der Waals surface area contributed by atoms with Gasteiger partial charge in [-0.25, -0.2) is 21.6 Å². The number of carbonyl (C=O) groups excluding carboxylic acids is 1. The van der Waals surface area contributed by atoms with Crippen LogP contribution in [0.5, 0.6) is 0 Å². The number of benzene rings is 2. The lowest BCUT2D eigenvalue weighted by Crippen LogP contribution is -2.30. The fourth-order valence-corrected chi connectivity index (χ4v) is 5.42. The van der Waals surface area contributed by atoms with Crippen molar-refractivity contribution in [1.29, 1.82) is 0 Å². The van der Waals surface area contributed by atoms with E-state index >= 15 is 0 Å². The highest BCUT2D eigenvalue weighted by molar-refractivity contribution is 7.92. The minimum absolute atomic E-state index is 0.0419. The Balaban J connectivity index is 2.36. The van der Waals surface area contributed by atoms with E-state index in [1.54, 1.807) is 20.8 Å². The highest BCUT2D eigenvalue weighted by Gasteiger charge is 2.24. The Kier molecular flexibility index (Phi) is 7.87. The van der Waals surface area contributed by atoms with Gasteiger partial charge in [0.25, 0.3) is 10.0 Å². The fourth-order valence-electron chi connectivity index (χ4n) is 2.64. The lowest BCUT2D eigenvalue weighted by Gasteiger charge is -2.19. The van der Waals surface area contributed by atoms with Crippen molar-refractivity contribution in [2.45, 2.75) is 30.6 Å². The van der Waals surface area contributed by atoms with Gasteiger partial charge in [-0.15, -0.1) is 0 Å². The highest BCUT2D eigenvalue weighted by atomic mass is 35.5. The van der Waals surface area contributed by atoms with E-state index in [4.69, 9.17) is 16.3 Å². The molecule has 0 atom stereocenters. The maximum atomic E-state index is 12.7. The number of ether oxygens (including phenoxy) is 1. The third-order valence-corrected chi connectivity index (χ3v) is 7.96. The van der Waals surface area contributed by atoms with E-state index in [9.17, 15) is 21.6 Å². The molecule has 0 aliphatic carbocycles. The molecule has 0 radical (unpaired) electrons. The highest BCUT2D eigenvalue weighted by Crippen LogP contribution is 2.29. The zero-order valence-electron chi connectivity index (χ0n) is 16.8. The first-order valence-electron chi connectivity index (χ1n) is 9.16. The third-order valence-electron chi connectivity index (χ3n) is 4.20. The number of rotatable bonds is 9. The first kappa shape index (κ1) is 24.1. The molecule has 0 saturated carbocycles. The zero-order chi connectivity index (χ0) is 22.5. The Labute approximate surface area is 181 Å². The number of hydrogen-bond acceptors (Lipinski definition) is 6. The summed E-state index contributed by atoms with van der Waals surface area (Å²) in [5.74, 6) is -0.563. The molecule has 11 heteroatoms. The molecule has 0 saturated heterocycles. The first-order chi connectivity index (χ1) is 14.1. The smallest absolute Gasteiger partial charge is 0.338 e. The van der Waals surface area contributed by atoms with E-state index in [0.717, 1.165) is 0 Å². The van der Waals surface area contributed by atoms with Crippen molar-refractivity contribution in [2.75, 3.05) is 24.4 Å². The van der Waals surface area contributed by atoms with Gasteiger partial charge in [0.05, 0.1) is 32.7 Å². The van der Waals surface area contributed by atoms with E-state index < -0.39 is 26.0 Å². The molecule has 0 aliphatic rings. The van der Waals surface area contributed by atoms with Gasteiger partial charge in [-0.05, 0) is 49.4 Å². The molecule has 0 bridgehead atoms. The summed E-state index contributed by atoms with van der Waals surface area (Å²) in [7, 11) is -7.87. The second kappa shape index (κ2) is 9.78. The molecule has 0 amide bonds. The SMILES string of the molecule is CCOC(=O)c1ccc(S(=O)(=O)Nc2cc(S(=O)(=O)N(CC)CC)ccc2Cl)cc1. The molecule has 0 unspecified atom stereocenters. The van der Waals surface area contributed by atoms with Crippen molar-refractivity contribution in [3.8, 4) is 0 Å².